The van der Waals surface area contributed by atoms with Crippen molar-refractivity contribution in [2.24, 2.45) is 5.84 Å². The number of aryl methyl sites for hydroxylation is 1. The molecule has 2 rings (SSSR count). The van der Waals surface area contributed by atoms with Crippen LogP contribution in [-0.2, 0) is 6.42 Å². The molecule has 1 heterocycles. The van der Waals surface area contributed by atoms with Gasteiger partial charge in [-0.25, -0.2) is 15.8 Å². The maximum atomic E-state index is 8.96. The normalized spacial score (nSPS) is 9.90. The summed E-state index contributed by atoms with van der Waals surface area (Å²) >= 11 is 0. The number of anilines is 3. The second-order valence-electron chi connectivity index (χ2n) is 4.25. The van der Waals surface area contributed by atoms with Gasteiger partial charge in [-0.15, -0.1) is 0 Å². The molecule has 3 N–H and O–H groups in total. The zero-order valence-electron chi connectivity index (χ0n) is 11.5. The van der Waals surface area contributed by atoms with Crippen LogP contribution in [0, 0.1) is 11.3 Å². The Morgan fingerprint density at radius 2 is 2.15 bits per heavy atom. The highest BCUT2D eigenvalue weighted by atomic mass is 15.3. The molecule has 1 aromatic heterocycles. The van der Waals surface area contributed by atoms with Crippen molar-refractivity contribution in [3.05, 3.63) is 41.7 Å². The van der Waals surface area contributed by atoms with Crippen LogP contribution in [0.4, 0.5) is 17.3 Å². The molecule has 0 amide bonds. The molecule has 0 fully saturated rings. The van der Waals surface area contributed by atoms with E-state index in [1.807, 2.05) is 37.1 Å². The van der Waals surface area contributed by atoms with Gasteiger partial charge in [0.05, 0.1) is 11.6 Å². The molecule has 0 saturated carbocycles. The van der Waals surface area contributed by atoms with E-state index in [0.717, 1.165) is 11.5 Å². The molecule has 0 aliphatic heterocycles. The van der Waals surface area contributed by atoms with Gasteiger partial charge in [0.1, 0.15) is 17.5 Å². The molecule has 0 bridgehead atoms. The Bertz CT molecular complexity index is 624. The average Bonchev–Trinajstić information content (AvgIpc) is 2.53. The first-order chi connectivity index (χ1) is 9.67. The average molecular weight is 268 g/mol. The van der Waals surface area contributed by atoms with Gasteiger partial charge in [0, 0.05) is 25.2 Å². The lowest BCUT2D eigenvalue weighted by atomic mass is 10.2. The van der Waals surface area contributed by atoms with Crippen molar-refractivity contribution in [1.29, 1.82) is 5.26 Å². The Morgan fingerprint density at radius 1 is 1.35 bits per heavy atom. The van der Waals surface area contributed by atoms with Crippen molar-refractivity contribution >= 4 is 17.3 Å². The molecular formula is C14H16N6. The molecule has 0 aliphatic rings. The zero-order chi connectivity index (χ0) is 14.5. The maximum Gasteiger partial charge on any atom is 0.145 e. The van der Waals surface area contributed by atoms with Crippen molar-refractivity contribution in [1.82, 2.24) is 9.97 Å². The number of aromatic nitrogens is 2. The summed E-state index contributed by atoms with van der Waals surface area (Å²) in [5.74, 6) is 7.42. The first-order valence-electron chi connectivity index (χ1n) is 6.26. The van der Waals surface area contributed by atoms with Gasteiger partial charge in [0.2, 0.25) is 0 Å². The number of nitrogens with one attached hydrogen (secondary N) is 1. The Labute approximate surface area is 117 Å². The molecule has 6 heteroatoms. The van der Waals surface area contributed by atoms with Crippen LogP contribution in [-0.4, -0.2) is 17.0 Å². The molecule has 2 aromatic rings. The smallest absolute Gasteiger partial charge is 0.145 e. The number of hydrazine groups is 1. The van der Waals surface area contributed by atoms with Gasteiger partial charge < -0.3 is 10.3 Å². The topological polar surface area (TPSA) is 90.9 Å². The number of nitrogens with zero attached hydrogens (tertiary/aromatic N) is 4. The fourth-order valence-electron chi connectivity index (χ4n) is 1.80. The largest absolute Gasteiger partial charge is 0.329 e. The standard InChI is InChI=1S/C14H16N6/c1-3-12-17-13(19-16)8-14(18-12)20(2)11-6-4-5-10(7-11)9-15/h4-8H,3,16H2,1-2H3,(H,17,18,19). The Kier molecular flexibility index (Phi) is 4.13. The van der Waals surface area contributed by atoms with E-state index in [9.17, 15) is 0 Å². The minimum Gasteiger partial charge on any atom is -0.329 e. The van der Waals surface area contributed by atoms with Crippen molar-refractivity contribution in [3.8, 4) is 6.07 Å². The summed E-state index contributed by atoms with van der Waals surface area (Å²) in [6.07, 6.45) is 0.717. The van der Waals surface area contributed by atoms with Crippen LogP contribution in [0.3, 0.4) is 0 Å². The Morgan fingerprint density at radius 3 is 2.80 bits per heavy atom. The SMILES string of the molecule is CCc1nc(NN)cc(N(C)c2cccc(C#N)c2)n1. The van der Waals surface area contributed by atoms with Crippen LogP contribution >= 0.6 is 0 Å². The van der Waals surface area contributed by atoms with Gasteiger partial charge >= 0.3 is 0 Å². The third-order valence-electron chi connectivity index (χ3n) is 2.93. The van der Waals surface area contributed by atoms with Gasteiger partial charge in [-0.05, 0) is 18.2 Å². The number of rotatable bonds is 4. The van der Waals surface area contributed by atoms with Gasteiger partial charge in [-0.3, -0.25) is 0 Å². The lowest BCUT2D eigenvalue weighted by Crippen LogP contribution is -2.16. The molecule has 20 heavy (non-hydrogen) atoms. The summed E-state index contributed by atoms with van der Waals surface area (Å²) < 4.78 is 0. The number of benzene rings is 1. The number of nitrogens with two attached hydrogens (primary N) is 1. The van der Waals surface area contributed by atoms with Gasteiger partial charge in [-0.2, -0.15) is 5.26 Å². The molecule has 0 atom stereocenters. The van der Waals surface area contributed by atoms with Crippen LogP contribution in [0.5, 0.6) is 0 Å². The molecule has 0 saturated heterocycles. The van der Waals surface area contributed by atoms with Crippen molar-refractivity contribution in [2.45, 2.75) is 13.3 Å². The zero-order valence-corrected chi connectivity index (χ0v) is 11.5. The van der Waals surface area contributed by atoms with Gasteiger partial charge in [0.25, 0.3) is 0 Å². The van der Waals surface area contributed by atoms with E-state index in [1.165, 1.54) is 0 Å². The van der Waals surface area contributed by atoms with Crippen molar-refractivity contribution < 1.29 is 0 Å². The van der Waals surface area contributed by atoms with Gasteiger partial charge in [-0.1, -0.05) is 13.0 Å². The van der Waals surface area contributed by atoms with E-state index in [4.69, 9.17) is 11.1 Å². The van der Waals surface area contributed by atoms with Crippen LogP contribution in [0.25, 0.3) is 0 Å². The number of hydrogen-bond donors (Lipinski definition) is 2. The number of nitrogen functional groups attached to an aromatic ring is 1. The summed E-state index contributed by atoms with van der Waals surface area (Å²) in [6.45, 7) is 1.98. The fraction of sp³-hybridized carbons (Fsp3) is 0.214. The van der Waals surface area contributed by atoms with E-state index in [2.05, 4.69) is 21.5 Å². The lowest BCUT2D eigenvalue weighted by molar-refractivity contribution is 0.924. The quantitative estimate of drug-likeness (QED) is 0.650. The second-order valence-corrected chi connectivity index (χ2v) is 4.25. The Balaban J connectivity index is 2.41. The third-order valence-corrected chi connectivity index (χ3v) is 2.93. The van der Waals surface area contributed by atoms with Crippen LogP contribution in [0.15, 0.2) is 30.3 Å². The van der Waals surface area contributed by atoms with Gasteiger partial charge in [0.15, 0.2) is 0 Å². The maximum absolute atomic E-state index is 8.96. The van der Waals surface area contributed by atoms with E-state index >= 15 is 0 Å². The van der Waals surface area contributed by atoms with Crippen molar-refractivity contribution in [2.75, 3.05) is 17.4 Å². The van der Waals surface area contributed by atoms with Crippen LogP contribution in [0.1, 0.15) is 18.3 Å². The summed E-state index contributed by atoms with van der Waals surface area (Å²) in [7, 11) is 1.89. The highest BCUT2D eigenvalue weighted by molar-refractivity contribution is 5.63. The summed E-state index contributed by atoms with van der Waals surface area (Å²) in [4.78, 5) is 10.6. The molecule has 0 unspecified atom stereocenters. The van der Waals surface area contributed by atoms with E-state index in [1.54, 1.807) is 12.1 Å². The molecular weight excluding hydrogens is 252 g/mol. The summed E-state index contributed by atoms with van der Waals surface area (Å²) in [6, 6.07) is 11.2. The van der Waals surface area contributed by atoms with Crippen LogP contribution < -0.4 is 16.2 Å². The minimum atomic E-state index is 0.565. The molecule has 0 aliphatic carbocycles. The molecule has 0 radical (unpaired) electrons. The number of hydrogen-bond acceptors (Lipinski definition) is 6. The first-order valence-corrected chi connectivity index (χ1v) is 6.26. The van der Waals surface area contributed by atoms with Crippen LogP contribution in [0.2, 0.25) is 0 Å². The molecule has 102 valence electrons. The fourth-order valence-corrected chi connectivity index (χ4v) is 1.80. The number of nitriles is 1. The predicted octanol–water partition coefficient (Wildman–Crippen LogP) is 1.96. The van der Waals surface area contributed by atoms with Crippen molar-refractivity contribution in [3.63, 3.8) is 0 Å². The highest BCUT2D eigenvalue weighted by Crippen LogP contribution is 2.24. The predicted molar refractivity (Wildman–Crippen MR) is 78.4 cm³/mol. The van der Waals surface area contributed by atoms with E-state index in [-0.39, 0.29) is 0 Å². The lowest BCUT2D eigenvalue weighted by Gasteiger charge is -2.19. The van der Waals surface area contributed by atoms with E-state index < -0.39 is 0 Å². The summed E-state index contributed by atoms with van der Waals surface area (Å²) in [5.41, 5.74) is 4.03. The second kappa shape index (κ2) is 5.99. The first kappa shape index (κ1) is 13.8. The molecule has 0 spiro atoms. The Hall–Kier alpha value is -2.65. The molecule has 1 aromatic carbocycles. The third kappa shape index (κ3) is 2.84. The minimum absolute atomic E-state index is 0.565. The highest BCUT2D eigenvalue weighted by Gasteiger charge is 2.09. The van der Waals surface area contributed by atoms with E-state index in [0.29, 0.717) is 23.6 Å². The summed E-state index contributed by atoms with van der Waals surface area (Å²) in [5, 5.41) is 8.96. The monoisotopic (exact) mass is 268 g/mol. The molecule has 6 nitrogen and oxygen atoms in total.